The number of nitrogens with zero attached hydrogens (tertiary/aromatic N) is 4. The van der Waals surface area contributed by atoms with E-state index in [1.807, 2.05) is 0 Å². The fraction of sp³-hybridized carbons (Fsp3) is 0.875. The second-order valence-corrected chi connectivity index (χ2v) is 9.42. The molecule has 3 heterocycles. The summed E-state index contributed by atoms with van der Waals surface area (Å²) in [7, 11) is -3.20. The molecule has 24 heavy (non-hydrogen) atoms. The summed E-state index contributed by atoms with van der Waals surface area (Å²) in [6, 6.07) is 0.567. The van der Waals surface area contributed by atoms with Gasteiger partial charge in [-0.3, -0.25) is 4.90 Å². The van der Waals surface area contributed by atoms with E-state index in [4.69, 9.17) is 4.52 Å². The quantitative estimate of drug-likeness (QED) is 0.770. The fourth-order valence-electron chi connectivity index (χ4n) is 4.26. The Hall–Kier alpha value is -0.990. The molecule has 0 amide bonds. The highest BCUT2D eigenvalue weighted by molar-refractivity contribution is 7.89. The molecule has 0 N–H and O–H groups in total. The molecule has 0 saturated carbocycles. The number of aryl methyl sites for hydroxylation is 1. The van der Waals surface area contributed by atoms with E-state index in [0.29, 0.717) is 30.8 Å². The maximum absolute atomic E-state index is 12.4. The molecular weight excluding hydrogens is 328 g/mol. The second kappa shape index (κ2) is 6.38. The van der Waals surface area contributed by atoms with Crippen molar-refractivity contribution in [1.29, 1.82) is 0 Å². The van der Waals surface area contributed by atoms with E-state index in [9.17, 15) is 8.42 Å². The van der Waals surface area contributed by atoms with Crippen LogP contribution in [0, 0.1) is 12.3 Å². The summed E-state index contributed by atoms with van der Waals surface area (Å²) in [5, 5.41) is 3.91. The largest absolute Gasteiger partial charge is 0.339 e. The number of sulfonamides is 1. The number of aromatic nitrogens is 2. The Bertz CT molecular complexity index is 677. The fourth-order valence-corrected chi connectivity index (χ4v) is 5.45. The van der Waals surface area contributed by atoms with Crippen molar-refractivity contribution >= 4 is 10.0 Å². The molecule has 2 saturated heterocycles. The van der Waals surface area contributed by atoms with Crippen molar-refractivity contribution in [2.24, 2.45) is 5.41 Å². The van der Waals surface area contributed by atoms with Gasteiger partial charge in [-0.15, -0.1) is 0 Å². The van der Waals surface area contributed by atoms with Gasteiger partial charge in [-0.25, -0.2) is 12.7 Å². The molecule has 1 unspecified atom stereocenters. The standard InChI is InChI=1S/C16H28N4O3S/c1-5-13(6-2)19-9-16(10-19)11-20(24(21,22)7-3)8-14(16)15-17-12(4)18-23-15/h13-14H,5-11H2,1-4H3. The molecule has 1 aromatic rings. The molecule has 1 aromatic heterocycles. The molecule has 7 nitrogen and oxygen atoms in total. The van der Waals surface area contributed by atoms with Gasteiger partial charge >= 0.3 is 0 Å². The number of hydrogen-bond acceptors (Lipinski definition) is 6. The van der Waals surface area contributed by atoms with Crippen LogP contribution in [0.15, 0.2) is 4.52 Å². The molecule has 0 aromatic carbocycles. The highest BCUT2D eigenvalue weighted by Gasteiger charge is 2.58. The zero-order valence-corrected chi connectivity index (χ0v) is 15.8. The minimum Gasteiger partial charge on any atom is -0.339 e. The zero-order chi connectivity index (χ0) is 17.5. The van der Waals surface area contributed by atoms with E-state index in [0.717, 1.165) is 25.9 Å². The summed E-state index contributed by atoms with van der Waals surface area (Å²) in [6.07, 6.45) is 2.24. The van der Waals surface area contributed by atoms with Gasteiger partial charge in [0, 0.05) is 37.6 Å². The lowest BCUT2D eigenvalue weighted by Crippen LogP contribution is -2.62. The van der Waals surface area contributed by atoms with E-state index >= 15 is 0 Å². The van der Waals surface area contributed by atoms with Crippen molar-refractivity contribution in [3.63, 3.8) is 0 Å². The molecule has 1 atom stereocenters. The molecule has 1 spiro atoms. The van der Waals surface area contributed by atoms with Crippen molar-refractivity contribution < 1.29 is 12.9 Å². The summed E-state index contributed by atoms with van der Waals surface area (Å²) >= 11 is 0. The molecule has 2 aliphatic rings. The summed E-state index contributed by atoms with van der Waals surface area (Å²) in [5.41, 5.74) is -0.0934. The third kappa shape index (κ3) is 2.88. The van der Waals surface area contributed by atoms with Crippen molar-refractivity contribution in [3.8, 4) is 0 Å². The van der Waals surface area contributed by atoms with Crippen LogP contribution in [-0.2, 0) is 10.0 Å². The number of likely N-dealkylation sites (tertiary alicyclic amines) is 1. The molecule has 136 valence electrons. The topological polar surface area (TPSA) is 79.5 Å². The Kier molecular flexibility index (Phi) is 4.74. The van der Waals surface area contributed by atoms with Crippen molar-refractivity contribution in [2.75, 3.05) is 31.9 Å². The average Bonchev–Trinajstić information content (AvgIpc) is 3.12. The van der Waals surface area contributed by atoms with Crippen LogP contribution >= 0.6 is 0 Å². The Balaban J connectivity index is 1.85. The predicted molar refractivity (Wildman–Crippen MR) is 91.2 cm³/mol. The number of hydrogen-bond donors (Lipinski definition) is 0. The van der Waals surface area contributed by atoms with Gasteiger partial charge in [0.15, 0.2) is 5.82 Å². The lowest BCUT2D eigenvalue weighted by atomic mass is 9.70. The van der Waals surface area contributed by atoms with Gasteiger partial charge in [-0.1, -0.05) is 19.0 Å². The average molecular weight is 356 g/mol. The van der Waals surface area contributed by atoms with E-state index in [1.54, 1.807) is 18.2 Å². The first-order valence-electron chi connectivity index (χ1n) is 8.87. The smallest absolute Gasteiger partial charge is 0.231 e. The highest BCUT2D eigenvalue weighted by atomic mass is 32.2. The van der Waals surface area contributed by atoms with Gasteiger partial charge in [-0.2, -0.15) is 4.98 Å². The third-order valence-electron chi connectivity index (χ3n) is 5.71. The Labute approximate surface area is 144 Å². The first kappa shape index (κ1) is 17.8. The predicted octanol–water partition coefficient (Wildman–Crippen LogP) is 1.62. The minimum atomic E-state index is -3.20. The van der Waals surface area contributed by atoms with Gasteiger partial charge in [0.1, 0.15) is 0 Å². The van der Waals surface area contributed by atoms with Gasteiger partial charge in [0.25, 0.3) is 0 Å². The summed E-state index contributed by atoms with van der Waals surface area (Å²) in [4.78, 5) is 6.88. The first-order chi connectivity index (χ1) is 11.3. The van der Waals surface area contributed by atoms with Crippen LogP contribution in [0.2, 0.25) is 0 Å². The summed E-state index contributed by atoms with van der Waals surface area (Å²) in [5.74, 6) is 1.32. The van der Waals surface area contributed by atoms with Crippen molar-refractivity contribution in [2.45, 2.75) is 52.5 Å². The molecule has 0 radical (unpaired) electrons. The molecule has 2 aliphatic heterocycles. The lowest BCUT2D eigenvalue weighted by molar-refractivity contribution is -0.0380. The molecule has 0 aliphatic carbocycles. The maximum atomic E-state index is 12.4. The van der Waals surface area contributed by atoms with Crippen LogP contribution in [0.5, 0.6) is 0 Å². The molecule has 8 heteroatoms. The van der Waals surface area contributed by atoms with Crippen molar-refractivity contribution in [3.05, 3.63) is 11.7 Å². The van der Waals surface area contributed by atoms with Gasteiger partial charge in [-0.05, 0) is 26.7 Å². The maximum Gasteiger partial charge on any atom is 0.231 e. The van der Waals surface area contributed by atoms with Gasteiger partial charge in [0.05, 0.1) is 11.7 Å². The molecule has 3 rings (SSSR count). The van der Waals surface area contributed by atoms with E-state index in [2.05, 4.69) is 28.9 Å². The van der Waals surface area contributed by atoms with Crippen LogP contribution < -0.4 is 0 Å². The minimum absolute atomic E-state index is 0.00867. The normalized spacial score (nSPS) is 24.8. The van der Waals surface area contributed by atoms with Crippen LogP contribution in [0.4, 0.5) is 0 Å². The van der Waals surface area contributed by atoms with Crippen molar-refractivity contribution in [1.82, 2.24) is 19.3 Å². The summed E-state index contributed by atoms with van der Waals surface area (Å²) < 4.78 is 31.8. The zero-order valence-electron chi connectivity index (χ0n) is 15.0. The SMILES string of the molecule is CCC(CC)N1CC2(C1)CN(S(=O)(=O)CC)CC2c1nc(C)no1. The van der Waals surface area contributed by atoms with Crippen LogP contribution in [0.25, 0.3) is 0 Å². The van der Waals surface area contributed by atoms with Crippen LogP contribution in [0.3, 0.4) is 0 Å². The molecule has 0 bridgehead atoms. The monoisotopic (exact) mass is 356 g/mol. The van der Waals surface area contributed by atoms with E-state index < -0.39 is 10.0 Å². The van der Waals surface area contributed by atoms with Crippen LogP contribution in [0.1, 0.15) is 51.2 Å². The third-order valence-corrected chi connectivity index (χ3v) is 7.51. The Morgan fingerprint density at radius 1 is 1.25 bits per heavy atom. The van der Waals surface area contributed by atoms with Gasteiger partial charge in [0.2, 0.25) is 15.9 Å². The first-order valence-corrected chi connectivity index (χ1v) is 10.5. The second-order valence-electron chi connectivity index (χ2n) is 7.16. The van der Waals surface area contributed by atoms with Gasteiger partial charge < -0.3 is 4.52 Å². The lowest BCUT2D eigenvalue weighted by Gasteiger charge is -2.53. The van der Waals surface area contributed by atoms with E-state index in [-0.39, 0.29) is 17.1 Å². The molecular formula is C16H28N4O3S. The highest BCUT2D eigenvalue weighted by Crippen LogP contribution is 2.50. The molecule has 2 fully saturated rings. The Morgan fingerprint density at radius 3 is 2.42 bits per heavy atom. The van der Waals surface area contributed by atoms with Crippen LogP contribution in [-0.4, -0.2) is 65.7 Å². The Morgan fingerprint density at radius 2 is 1.92 bits per heavy atom. The number of rotatable bonds is 6. The van der Waals surface area contributed by atoms with E-state index in [1.165, 1.54) is 0 Å². The summed E-state index contributed by atoms with van der Waals surface area (Å²) in [6.45, 7) is 10.7.